The van der Waals surface area contributed by atoms with Crippen LogP contribution in [-0.2, 0) is 9.53 Å². The topological polar surface area (TPSA) is 70.2 Å². The van der Waals surface area contributed by atoms with Gasteiger partial charge in [0.1, 0.15) is 5.65 Å². The van der Waals surface area contributed by atoms with Gasteiger partial charge in [0, 0.05) is 55.8 Å². The van der Waals surface area contributed by atoms with Crippen molar-refractivity contribution < 1.29 is 9.53 Å². The van der Waals surface area contributed by atoms with Gasteiger partial charge in [0.25, 0.3) is 0 Å². The molecule has 4 unspecified atom stereocenters. The molecular formula is C21H28N4O2. The fourth-order valence-corrected chi connectivity index (χ4v) is 4.39. The number of pyridine rings is 1. The number of hydrogen-bond donors (Lipinski definition) is 2. The van der Waals surface area contributed by atoms with Gasteiger partial charge in [0.05, 0.1) is 0 Å². The molecule has 0 bridgehead atoms. The summed E-state index contributed by atoms with van der Waals surface area (Å²) in [7, 11) is 1.76. The summed E-state index contributed by atoms with van der Waals surface area (Å²) < 4.78 is 5.33. The fraction of sp³-hybridized carbons (Fsp3) is 0.524. The third-order valence-electron chi connectivity index (χ3n) is 6.01. The highest BCUT2D eigenvalue weighted by Gasteiger charge is 2.40. The SMILES string of the molecule is C=CC(=O)N1CC(Nc2ccnc3[nH]cc(C4CC4COC)c23)CCC1C. The Bertz CT molecular complexity index is 846. The van der Waals surface area contributed by atoms with Crippen LogP contribution in [-0.4, -0.2) is 53.1 Å². The Morgan fingerprint density at radius 1 is 1.52 bits per heavy atom. The summed E-state index contributed by atoms with van der Waals surface area (Å²) in [5.74, 6) is 1.14. The number of nitrogens with one attached hydrogen (secondary N) is 2. The summed E-state index contributed by atoms with van der Waals surface area (Å²) in [6.07, 6.45) is 8.54. The van der Waals surface area contributed by atoms with E-state index in [0.717, 1.165) is 37.2 Å². The molecule has 1 aliphatic heterocycles. The summed E-state index contributed by atoms with van der Waals surface area (Å²) >= 11 is 0. The van der Waals surface area contributed by atoms with Crippen LogP contribution in [0.3, 0.4) is 0 Å². The van der Waals surface area contributed by atoms with Crippen molar-refractivity contribution in [3.05, 3.63) is 36.7 Å². The second-order valence-corrected chi connectivity index (χ2v) is 7.85. The van der Waals surface area contributed by atoms with Crippen molar-refractivity contribution in [3.63, 3.8) is 0 Å². The molecule has 6 nitrogen and oxygen atoms in total. The van der Waals surface area contributed by atoms with Gasteiger partial charge in [-0.25, -0.2) is 4.98 Å². The lowest BCUT2D eigenvalue weighted by molar-refractivity contribution is -0.129. The highest BCUT2D eigenvalue weighted by atomic mass is 16.5. The molecule has 2 fully saturated rings. The number of fused-ring (bicyclic) bond motifs is 1. The first-order valence-electron chi connectivity index (χ1n) is 9.76. The number of amides is 1. The molecule has 2 aromatic rings. The Morgan fingerprint density at radius 2 is 2.37 bits per heavy atom. The van der Waals surface area contributed by atoms with E-state index >= 15 is 0 Å². The predicted molar refractivity (Wildman–Crippen MR) is 107 cm³/mol. The predicted octanol–water partition coefficient (Wildman–Crippen LogP) is 3.29. The number of H-pyrrole nitrogens is 1. The maximum Gasteiger partial charge on any atom is 0.246 e. The molecule has 1 aliphatic carbocycles. The zero-order valence-corrected chi connectivity index (χ0v) is 16.1. The van der Waals surface area contributed by atoms with Crippen LogP contribution in [0.25, 0.3) is 11.0 Å². The van der Waals surface area contributed by atoms with Crippen LogP contribution in [0.5, 0.6) is 0 Å². The van der Waals surface area contributed by atoms with E-state index in [-0.39, 0.29) is 18.0 Å². The number of carbonyl (C=O) groups excluding carboxylic acids is 1. The van der Waals surface area contributed by atoms with Crippen LogP contribution < -0.4 is 5.32 Å². The zero-order valence-electron chi connectivity index (χ0n) is 16.1. The first-order chi connectivity index (χ1) is 13.1. The first-order valence-corrected chi connectivity index (χ1v) is 9.76. The van der Waals surface area contributed by atoms with Gasteiger partial charge in [-0.3, -0.25) is 4.79 Å². The molecule has 1 saturated carbocycles. The van der Waals surface area contributed by atoms with Gasteiger partial charge in [-0.1, -0.05) is 6.58 Å². The van der Waals surface area contributed by atoms with Crippen LogP contribution in [0.2, 0.25) is 0 Å². The number of aromatic amines is 1. The Morgan fingerprint density at radius 3 is 3.15 bits per heavy atom. The van der Waals surface area contributed by atoms with Gasteiger partial charge in [-0.15, -0.1) is 0 Å². The largest absolute Gasteiger partial charge is 0.384 e. The van der Waals surface area contributed by atoms with E-state index in [1.807, 2.05) is 17.2 Å². The molecule has 27 heavy (non-hydrogen) atoms. The molecule has 6 heteroatoms. The van der Waals surface area contributed by atoms with Gasteiger partial charge in [-0.2, -0.15) is 0 Å². The fourth-order valence-electron chi connectivity index (χ4n) is 4.39. The standard InChI is InChI=1S/C21H28N4O2/c1-4-19(26)25-11-15(6-5-13(25)2)24-18-7-8-22-21-20(18)17(10-23-21)16-9-14(16)12-27-3/h4,7-8,10,13-16H,1,5-6,9,11-12H2,2-3H3,(H2,22,23,24). The van der Waals surface area contributed by atoms with Crippen molar-refractivity contribution >= 4 is 22.6 Å². The maximum absolute atomic E-state index is 12.1. The molecule has 4 rings (SSSR count). The van der Waals surface area contributed by atoms with E-state index in [9.17, 15) is 4.79 Å². The summed E-state index contributed by atoms with van der Waals surface area (Å²) in [4.78, 5) is 21.9. The number of nitrogens with zero attached hydrogens (tertiary/aromatic N) is 2. The molecule has 0 radical (unpaired) electrons. The Labute approximate surface area is 160 Å². The number of carbonyl (C=O) groups is 1. The second kappa shape index (κ2) is 7.35. The summed E-state index contributed by atoms with van der Waals surface area (Å²) in [6, 6.07) is 2.54. The van der Waals surface area contributed by atoms with Crippen LogP contribution in [0.4, 0.5) is 5.69 Å². The van der Waals surface area contributed by atoms with Crippen molar-refractivity contribution in [2.75, 3.05) is 25.6 Å². The summed E-state index contributed by atoms with van der Waals surface area (Å²) in [6.45, 7) is 7.25. The molecule has 3 heterocycles. The van der Waals surface area contributed by atoms with Gasteiger partial charge >= 0.3 is 0 Å². The lowest BCUT2D eigenvalue weighted by Gasteiger charge is -2.38. The molecular weight excluding hydrogens is 340 g/mol. The number of methoxy groups -OCH3 is 1. The highest BCUT2D eigenvalue weighted by Crippen LogP contribution is 2.50. The van der Waals surface area contributed by atoms with E-state index in [0.29, 0.717) is 18.4 Å². The number of anilines is 1. The average Bonchev–Trinajstić information content (AvgIpc) is 3.30. The van der Waals surface area contributed by atoms with E-state index in [2.05, 4.69) is 35.0 Å². The molecule has 0 spiro atoms. The molecule has 0 aromatic carbocycles. The third-order valence-corrected chi connectivity index (χ3v) is 6.01. The minimum Gasteiger partial charge on any atom is -0.384 e. The van der Waals surface area contributed by atoms with Crippen molar-refractivity contribution in [2.45, 2.75) is 44.2 Å². The lowest BCUT2D eigenvalue weighted by Crippen LogP contribution is -2.49. The molecule has 144 valence electrons. The normalized spacial score (nSPS) is 27.6. The smallest absolute Gasteiger partial charge is 0.246 e. The van der Waals surface area contributed by atoms with Crippen LogP contribution in [0.15, 0.2) is 31.1 Å². The molecule has 2 aliphatic rings. The van der Waals surface area contributed by atoms with Crippen molar-refractivity contribution in [1.29, 1.82) is 0 Å². The minimum atomic E-state index is 0.0107. The van der Waals surface area contributed by atoms with E-state index < -0.39 is 0 Å². The Balaban J connectivity index is 1.56. The number of likely N-dealkylation sites (tertiary alicyclic amines) is 1. The van der Waals surface area contributed by atoms with Crippen LogP contribution >= 0.6 is 0 Å². The number of aromatic nitrogens is 2. The van der Waals surface area contributed by atoms with Crippen molar-refractivity contribution in [2.24, 2.45) is 5.92 Å². The number of ether oxygens (including phenoxy) is 1. The Hall–Kier alpha value is -2.34. The average molecular weight is 368 g/mol. The maximum atomic E-state index is 12.1. The summed E-state index contributed by atoms with van der Waals surface area (Å²) in [5, 5.41) is 4.87. The van der Waals surface area contributed by atoms with Crippen molar-refractivity contribution in [3.8, 4) is 0 Å². The van der Waals surface area contributed by atoms with E-state index in [1.54, 1.807) is 7.11 Å². The number of piperidine rings is 1. The third kappa shape index (κ3) is 3.46. The molecule has 4 atom stereocenters. The molecule has 1 saturated heterocycles. The zero-order chi connectivity index (χ0) is 19.0. The molecule has 2 aromatic heterocycles. The van der Waals surface area contributed by atoms with Gasteiger partial charge in [-0.05, 0) is 55.7 Å². The van der Waals surface area contributed by atoms with Crippen molar-refractivity contribution in [1.82, 2.24) is 14.9 Å². The van der Waals surface area contributed by atoms with Crippen LogP contribution in [0.1, 0.15) is 37.7 Å². The first kappa shape index (κ1) is 18.0. The van der Waals surface area contributed by atoms with Crippen LogP contribution in [0, 0.1) is 5.92 Å². The molecule has 1 amide bonds. The van der Waals surface area contributed by atoms with Gasteiger partial charge in [0.2, 0.25) is 5.91 Å². The quantitative estimate of drug-likeness (QED) is 0.768. The highest BCUT2D eigenvalue weighted by molar-refractivity contribution is 5.93. The Kier molecular flexibility index (Phi) is 4.91. The summed E-state index contributed by atoms with van der Waals surface area (Å²) in [5.41, 5.74) is 3.34. The number of rotatable bonds is 6. The van der Waals surface area contributed by atoms with Gasteiger partial charge < -0.3 is 19.9 Å². The lowest BCUT2D eigenvalue weighted by atomic mass is 9.98. The monoisotopic (exact) mass is 368 g/mol. The van der Waals surface area contributed by atoms with Gasteiger partial charge in [0.15, 0.2) is 0 Å². The second-order valence-electron chi connectivity index (χ2n) is 7.85. The van der Waals surface area contributed by atoms with E-state index in [1.165, 1.54) is 17.0 Å². The van der Waals surface area contributed by atoms with E-state index in [4.69, 9.17) is 4.74 Å². The molecule has 2 N–H and O–H groups in total. The number of hydrogen-bond acceptors (Lipinski definition) is 4. The minimum absolute atomic E-state index is 0.0107.